The first-order valence-corrected chi connectivity index (χ1v) is 9.66. The van der Waals surface area contributed by atoms with Gasteiger partial charge >= 0.3 is 6.03 Å². The Morgan fingerprint density at radius 3 is 2.85 bits per heavy atom. The molecule has 2 amide bonds. The van der Waals surface area contributed by atoms with Crippen molar-refractivity contribution in [3.05, 3.63) is 59.7 Å². The topological polar surface area (TPSA) is 50.4 Å². The second-order valence-corrected chi connectivity index (χ2v) is 7.15. The third kappa shape index (κ3) is 4.96. The lowest BCUT2D eigenvalue weighted by atomic mass is 10.0. The number of ether oxygens (including phenoxy) is 1. The number of thioether (sulfide) groups is 1. The number of terminal acetylenes is 1. The van der Waals surface area contributed by atoms with E-state index in [0.717, 1.165) is 29.9 Å². The molecule has 0 aliphatic carbocycles. The zero-order valence-corrected chi connectivity index (χ0v) is 15.4. The predicted octanol–water partition coefficient (Wildman–Crippen LogP) is 3.78. The molecule has 4 nitrogen and oxygen atoms in total. The quantitative estimate of drug-likeness (QED) is 0.765. The number of carbonyl (C=O) groups excluding carboxylic acids is 1. The summed E-state index contributed by atoms with van der Waals surface area (Å²) in [7, 11) is 0. The minimum Gasteiger partial charge on any atom is -0.481 e. The number of urea groups is 1. The van der Waals surface area contributed by atoms with Crippen LogP contribution < -0.4 is 15.4 Å². The number of rotatable bonds is 6. The Morgan fingerprint density at radius 2 is 2.04 bits per heavy atom. The Kier molecular flexibility index (Phi) is 6.45. The smallest absolute Gasteiger partial charge is 0.315 e. The van der Waals surface area contributed by atoms with Crippen molar-refractivity contribution < 1.29 is 9.53 Å². The molecule has 1 aliphatic heterocycles. The molecular formula is C21H22N2O2S. The van der Waals surface area contributed by atoms with E-state index in [1.807, 2.05) is 48.2 Å². The Hall–Kier alpha value is -2.58. The molecule has 0 spiro atoms. The van der Waals surface area contributed by atoms with E-state index in [4.69, 9.17) is 11.2 Å². The van der Waals surface area contributed by atoms with E-state index >= 15 is 0 Å². The van der Waals surface area contributed by atoms with Crippen molar-refractivity contribution in [3.63, 3.8) is 0 Å². The molecule has 1 atom stereocenters. The number of nitrogens with one attached hydrogen (secondary N) is 2. The molecule has 26 heavy (non-hydrogen) atoms. The van der Waals surface area contributed by atoms with Crippen molar-refractivity contribution in [1.29, 1.82) is 0 Å². The highest BCUT2D eigenvalue weighted by atomic mass is 32.2. The minimum absolute atomic E-state index is 0.0834. The molecule has 1 aliphatic rings. The van der Waals surface area contributed by atoms with Crippen LogP contribution in [0.1, 0.15) is 23.6 Å². The molecule has 3 rings (SSSR count). The molecule has 0 bridgehead atoms. The average Bonchev–Trinajstić information content (AvgIpc) is 2.68. The van der Waals surface area contributed by atoms with Crippen LogP contribution in [0.15, 0.2) is 53.4 Å². The van der Waals surface area contributed by atoms with Crippen LogP contribution in [0.4, 0.5) is 4.79 Å². The lowest BCUT2D eigenvalue weighted by molar-refractivity contribution is 0.236. The first-order valence-electron chi connectivity index (χ1n) is 8.67. The lowest BCUT2D eigenvalue weighted by Gasteiger charge is -2.25. The fourth-order valence-corrected chi connectivity index (χ4v) is 4.02. The van der Waals surface area contributed by atoms with Gasteiger partial charge in [0.25, 0.3) is 0 Å². The fraction of sp³-hybridized carbons (Fsp3) is 0.286. The van der Waals surface area contributed by atoms with E-state index in [1.165, 1.54) is 10.5 Å². The van der Waals surface area contributed by atoms with Crippen LogP contribution in [-0.2, 0) is 6.42 Å². The van der Waals surface area contributed by atoms with Crippen LogP contribution in [0.25, 0.3) is 0 Å². The first-order chi connectivity index (χ1) is 12.8. The van der Waals surface area contributed by atoms with Gasteiger partial charge in [-0.15, -0.1) is 18.2 Å². The predicted molar refractivity (Wildman–Crippen MR) is 106 cm³/mol. The fourth-order valence-electron chi connectivity index (χ4n) is 2.90. The van der Waals surface area contributed by atoms with E-state index < -0.39 is 0 Å². The third-order valence-corrected chi connectivity index (χ3v) is 5.33. The average molecular weight is 366 g/mol. The second-order valence-electron chi connectivity index (χ2n) is 6.01. The summed E-state index contributed by atoms with van der Waals surface area (Å²) in [5.41, 5.74) is 2.35. The van der Waals surface area contributed by atoms with Gasteiger partial charge in [0.15, 0.2) is 0 Å². The highest BCUT2D eigenvalue weighted by molar-refractivity contribution is 7.99. The molecular weight excluding hydrogens is 344 g/mol. The van der Waals surface area contributed by atoms with E-state index in [9.17, 15) is 4.79 Å². The Balaban J connectivity index is 1.44. The van der Waals surface area contributed by atoms with Crippen LogP contribution in [0.2, 0.25) is 0 Å². The first kappa shape index (κ1) is 18.2. The van der Waals surface area contributed by atoms with Gasteiger partial charge in [-0.1, -0.05) is 36.3 Å². The second kappa shape index (κ2) is 9.21. The Morgan fingerprint density at radius 1 is 1.23 bits per heavy atom. The van der Waals surface area contributed by atoms with E-state index in [0.29, 0.717) is 6.54 Å². The van der Waals surface area contributed by atoms with Crippen molar-refractivity contribution in [2.24, 2.45) is 0 Å². The van der Waals surface area contributed by atoms with Gasteiger partial charge < -0.3 is 15.4 Å². The molecule has 2 aromatic carbocycles. The molecule has 0 aromatic heterocycles. The molecule has 0 saturated heterocycles. The maximum atomic E-state index is 12.2. The highest BCUT2D eigenvalue weighted by Crippen LogP contribution is 2.35. The summed E-state index contributed by atoms with van der Waals surface area (Å²) in [4.78, 5) is 13.5. The van der Waals surface area contributed by atoms with Crippen LogP contribution >= 0.6 is 11.8 Å². The Bertz CT molecular complexity index is 783. The van der Waals surface area contributed by atoms with Gasteiger partial charge in [-0.25, -0.2) is 4.79 Å². The summed E-state index contributed by atoms with van der Waals surface area (Å²) in [5, 5.41) is 6.03. The third-order valence-electron chi connectivity index (χ3n) is 4.21. The monoisotopic (exact) mass is 366 g/mol. The molecule has 0 radical (unpaired) electrons. The summed E-state index contributed by atoms with van der Waals surface area (Å²) in [6, 6.07) is 16.0. The van der Waals surface area contributed by atoms with Crippen LogP contribution in [0, 0.1) is 12.3 Å². The largest absolute Gasteiger partial charge is 0.481 e. The normalized spacial score (nSPS) is 15.4. The SMILES string of the molecule is C#CCOc1ccc(CCNC(=O)NC2CCSc3ccccc32)cc1. The van der Waals surface area contributed by atoms with Gasteiger partial charge in [0, 0.05) is 17.2 Å². The van der Waals surface area contributed by atoms with Crippen LogP contribution in [-0.4, -0.2) is 24.9 Å². The van der Waals surface area contributed by atoms with Crippen molar-refractivity contribution in [3.8, 4) is 18.1 Å². The van der Waals surface area contributed by atoms with Gasteiger partial charge in [0.05, 0.1) is 6.04 Å². The number of fused-ring (bicyclic) bond motifs is 1. The maximum Gasteiger partial charge on any atom is 0.315 e. The minimum atomic E-state index is -0.120. The Labute approximate surface area is 158 Å². The molecule has 0 saturated carbocycles. The van der Waals surface area contributed by atoms with Crippen molar-refractivity contribution in [1.82, 2.24) is 10.6 Å². The molecule has 1 unspecified atom stereocenters. The van der Waals surface area contributed by atoms with E-state index in [-0.39, 0.29) is 18.7 Å². The van der Waals surface area contributed by atoms with Gasteiger partial charge in [-0.3, -0.25) is 0 Å². The van der Waals surface area contributed by atoms with E-state index in [2.05, 4.69) is 28.7 Å². The van der Waals surface area contributed by atoms with Gasteiger partial charge in [-0.2, -0.15) is 0 Å². The molecule has 2 N–H and O–H groups in total. The highest BCUT2D eigenvalue weighted by Gasteiger charge is 2.21. The molecule has 1 heterocycles. The zero-order chi connectivity index (χ0) is 18.2. The number of carbonyl (C=O) groups is 1. The summed E-state index contributed by atoms with van der Waals surface area (Å²) in [6.07, 6.45) is 6.89. The number of hydrogen-bond acceptors (Lipinski definition) is 3. The van der Waals surface area contributed by atoms with Gasteiger partial charge in [-0.05, 0) is 42.2 Å². The summed E-state index contributed by atoms with van der Waals surface area (Å²) in [6.45, 7) is 0.851. The molecule has 2 aromatic rings. The van der Waals surface area contributed by atoms with Gasteiger partial charge in [0.2, 0.25) is 0 Å². The van der Waals surface area contributed by atoms with Crippen molar-refractivity contribution in [2.75, 3.05) is 18.9 Å². The lowest BCUT2D eigenvalue weighted by Crippen LogP contribution is -2.39. The molecule has 0 fully saturated rings. The molecule has 5 heteroatoms. The van der Waals surface area contributed by atoms with Crippen LogP contribution in [0.5, 0.6) is 5.75 Å². The van der Waals surface area contributed by atoms with Crippen molar-refractivity contribution in [2.45, 2.75) is 23.8 Å². The van der Waals surface area contributed by atoms with Crippen LogP contribution in [0.3, 0.4) is 0 Å². The summed E-state index contributed by atoms with van der Waals surface area (Å²) < 4.78 is 5.35. The van der Waals surface area contributed by atoms with E-state index in [1.54, 1.807) is 0 Å². The number of hydrogen-bond donors (Lipinski definition) is 2. The standard InChI is InChI=1S/C21H22N2O2S/c1-2-14-25-17-9-7-16(8-10-17)11-13-22-21(24)23-19-12-15-26-20-6-4-3-5-18(19)20/h1,3-10,19H,11-15H2,(H2,22,23,24). The summed E-state index contributed by atoms with van der Waals surface area (Å²) >= 11 is 1.85. The zero-order valence-electron chi connectivity index (χ0n) is 14.5. The summed E-state index contributed by atoms with van der Waals surface area (Å²) in [5.74, 6) is 4.22. The number of benzene rings is 2. The van der Waals surface area contributed by atoms with Gasteiger partial charge in [0.1, 0.15) is 12.4 Å². The maximum absolute atomic E-state index is 12.2. The number of amides is 2. The molecule has 134 valence electrons. The van der Waals surface area contributed by atoms with Crippen molar-refractivity contribution >= 4 is 17.8 Å².